The molecule has 1 atom stereocenters. The summed E-state index contributed by atoms with van der Waals surface area (Å²) < 4.78 is 6.59. The first-order valence-corrected chi connectivity index (χ1v) is 10.6. The molecule has 0 bridgehead atoms. The van der Waals surface area contributed by atoms with E-state index in [4.69, 9.17) is 4.42 Å². The van der Waals surface area contributed by atoms with Gasteiger partial charge in [-0.1, -0.05) is 22.0 Å². The number of hydrogen-bond acceptors (Lipinski definition) is 6. The smallest absolute Gasteiger partial charge is 0.290 e. The molecule has 0 saturated carbocycles. The van der Waals surface area contributed by atoms with Crippen molar-refractivity contribution in [2.45, 2.75) is 12.6 Å². The van der Waals surface area contributed by atoms with Crippen LogP contribution in [0.2, 0.25) is 0 Å². The Morgan fingerprint density at radius 2 is 1.91 bits per heavy atom. The van der Waals surface area contributed by atoms with E-state index in [2.05, 4.69) is 25.9 Å². The highest BCUT2D eigenvalue weighted by Crippen LogP contribution is 2.39. The molecule has 0 saturated heterocycles. The third kappa shape index (κ3) is 3.48. The Bertz CT molecular complexity index is 1370. The van der Waals surface area contributed by atoms with E-state index in [1.165, 1.54) is 4.90 Å². The minimum atomic E-state index is -0.857. The number of pyridine rings is 2. The molecule has 4 heterocycles. The maximum atomic E-state index is 13.5. The van der Waals surface area contributed by atoms with Crippen molar-refractivity contribution in [1.29, 1.82) is 0 Å². The number of rotatable bonds is 5. The lowest BCUT2D eigenvalue weighted by Crippen LogP contribution is -2.31. The van der Waals surface area contributed by atoms with Crippen molar-refractivity contribution in [2.24, 2.45) is 0 Å². The molecule has 0 fully saturated rings. The summed E-state index contributed by atoms with van der Waals surface area (Å²) in [5, 5.41) is 11.5. The van der Waals surface area contributed by atoms with Crippen molar-refractivity contribution in [3.05, 3.63) is 106 Å². The molecule has 3 aromatic heterocycles. The molecule has 5 rings (SSSR count). The standard InChI is InChI=1S/C24H16BrN3O4/c25-16-4-5-18-15(11-16)12-19(32-18)22(29)20-21(17-3-1-2-8-27-17)28(24(31)23(20)30)13-14-6-9-26-10-7-14/h1-12,21,30H,13H2. The van der Waals surface area contributed by atoms with E-state index in [1.807, 2.05) is 12.1 Å². The number of carbonyl (C=O) groups excluding carboxylic acids is 2. The zero-order valence-corrected chi connectivity index (χ0v) is 18.2. The van der Waals surface area contributed by atoms with Gasteiger partial charge in [-0.15, -0.1) is 0 Å². The summed E-state index contributed by atoms with van der Waals surface area (Å²) in [6.45, 7) is 0.177. The predicted molar refractivity (Wildman–Crippen MR) is 120 cm³/mol. The first kappa shape index (κ1) is 20.1. The topological polar surface area (TPSA) is 96.5 Å². The van der Waals surface area contributed by atoms with E-state index < -0.39 is 23.5 Å². The number of nitrogens with zero attached hydrogens (tertiary/aromatic N) is 3. The second-order valence-electron chi connectivity index (χ2n) is 7.33. The number of amides is 1. The molecule has 1 aromatic carbocycles. The number of benzene rings is 1. The minimum absolute atomic E-state index is 0.0409. The average molecular weight is 490 g/mol. The normalized spacial score (nSPS) is 16.2. The number of halogens is 1. The van der Waals surface area contributed by atoms with Crippen molar-refractivity contribution < 1.29 is 19.1 Å². The van der Waals surface area contributed by atoms with Crippen LogP contribution in [-0.4, -0.2) is 31.7 Å². The predicted octanol–water partition coefficient (Wildman–Crippen LogP) is 4.76. The van der Waals surface area contributed by atoms with Crippen LogP contribution in [-0.2, 0) is 11.3 Å². The number of aliphatic hydroxyl groups is 1. The monoisotopic (exact) mass is 489 g/mol. The van der Waals surface area contributed by atoms with Crippen LogP contribution in [0.15, 0.2) is 93.4 Å². The van der Waals surface area contributed by atoms with E-state index >= 15 is 0 Å². The molecule has 0 radical (unpaired) electrons. The van der Waals surface area contributed by atoms with Crippen molar-refractivity contribution in [2.75, 3.05) is 0 Å². The zero-order chi connectivity index (χ0) is 22.2. The molecule has 0 spiro atoms. The van der Waals surface area contributed by atoms with Crippen molar-refractivity contribution in [1.82, 2.24) is 14.9 Å². The number of fused-ring (bicyclic) bond motifs is 1. The maximum Gasteiger partial charge on any atom is 0.290 e. The fourth-order valence-electron chi connectivity index (χ4n) is 3.84. The van der Waals surface area contributed by atoms with Crippen molar-refractivity contribution >= 4 is 38.6 Å². The number of aliphatic hydroxyl groups excluding tert-OH is 1. The Morgan fingerprint density at radius 1 is 1.09 bits per heavy atom. The van der Waals surface area contributed by atoms with Gasteiger partial charge in [0.05, 0.1) is 11.3 Å². The van der Waals surface area contributed by atoms with Gasteiger partial charge >= 0.3 is 0 Å². The van der Waals surface area contributed by atoms with Crippen LogP contribution in [0.4, 0.5) is 0 Å². The Hall–Kier alpha value is -3.78. The minimum Gasteiger partial charge on any atom is -0.503 e. The van der Waals surface area contributed by atoms with E-state index in [1.54, 1.807) is 61.1 Å². The molecule has 4 aromatic rings. The summed E-state index contributed by atoms with van der Waals surface area (Å²) in [4.78, 5) is 36.3. The third-order valence-corrected chi connectivity index (χ3v) is 5.81. The summed E-state index contributed by atoms with van der Waals surface area (Å²) in [7, 11) is 0. The van der Waals surface area contributed by atoms with Crippen LogP contribution < -0.4 is 0 Å². The van der Waals surface area contributed by atoms with Crippen LogP contribution in [0.1, 0.15) is 27.9 Å². The van der Waals surface area contributed by atoms with Crippen LogP contribution in [0.25, 0.3) is 11.0 Å². The molecule has 7 nitrogen and oxygen atoms in total. The largest absolute Gasteiger partial charge is 0.503 e. The molecule has 1 aliphatic heterocycles. The first-order chi connectivity index (χ1) is 15.5. The van der Waals surface area contributed by atoms with E-state index in [0.29, 0.717) is 11.3 Å². The van der Waals surface area contributed by atoms with Gasteiger partial charge in [-0.3, -0.25) is 19.6 Å². The highest BCUT2D eigenvalue weighted by atomic mass is 79.9. The van der Waals surface area contributed by atoms with Gasteiger partial charge in [0.25, 0.3) is 5.91 Å². The Morgan fingerprint density at radius 3 is 2.66 bits per heavy atom. The van der Waals surface area contributed by atoms with E-state index in [-0.39, 0.29) is 17.9 Å². The van der Waals surface area contributed by atoms with E-state index in [9.17, 15) is 14.7 Å². The van der Waals surface area contributed by atoms with Crippen LogP contribution in [0.3, 0.4) is 0 Å². The summed E-state index contributed by atoms with van der Waals surface area (Å²) in [6, 6.07) is 14.9. The third-order valence-electron chi connectivity index (χ3n) is 5.32. The fraction of sp³-hybridized carbons (Fsp3) is 0.0833. The number of Topliss-reactive ketones (excluding diaryl/α,β-unsaturated/α-hetero) is 1. The van der Waals surface area contributed by atoms with Crippen LogP contribution >= 0.6 is 15.9 Å². The van der Waals surface area contributed by atoms with Gasteiger partial charge in [-0.05, 0) is 54.1 Å². The van der Waals surface area contributed by atoms with Crippen LogP contribution in [0.5, 0.6) is 0 Å². The Kier molecular flexibility index (Phi) is 5.07. The lowest BCUT2D eigenvalue weighted by molar-refractivity contribution is -0.130. The molecule has 158 valence electrons. The van der Waals surface area contributed by atoms with Gasteiger partial charge in [-0.25, -0.2) is 0 Å². The molecule has 8 heteroatoms. The molecule has 1 amide bonds. The second-order valence-corrected chi connectivity index (χ2v) is 8.25. The highest BCUT2D eigenvalue weighted by molar-refractivity contribution is 9.10. The van der Waals surface area contributed by atoms with Gasteiger partial charge in [-0.2, -0.15) is 0 Å². The van der Waals surface area contributed by atoms with Gasteiger partial charge < -0.3 is 14.4 Å². The number of aromatic nitrogens is 2. The van der Waals surface area contributed by atoms with Crippen molar-refractivity contribution in [3.8, 4) is 0 Å². The number of furan rings is 1. The summed E-state index contributed by atoms with van der Waals surface area (Å²) in [5.74, 6) is -1.75. The Labute approximate surface area is 191 Å². The fourth-order valence-corrected chi connectivity index (χ4v) is 4.22. The molecule has 32 heavy (non-hydrogen) atoms. The summed E-state index contributed by atoms with van der Waals surface area (Å²) in [6.07, 6.45) is 4.83. The maximum absolute atomic E-state index is 13.5. The quantitative estimate of drug-likeness (QED) is 0.405. The lowest BCUT2D eigenvalue weighted by atomic mass is 9.98. The van der Waals surface area contributed by atoms with Crippen LogP contribution in [0, 0.1) is 0 Å². The highest BCUT2D eigenvalue weighted by Gasteiger charge is 2.45. The molecule has 1 aliphatic rings. The van der Waals surface area contributed by atoms with Gasteiger partial charge in [0.1, 0.15) is 11.6 Å². The van der Waals surface area contributed by atoms with Gasteiger partial charge in [0.15, 0.2) is 11.5 Å². The van der Waals surface area contributed by atoms with Gasteiger partial charge in [0.2, 0.25) is 5.78 Å². The molecule has 1 N–H and O–H groups in total. The average Bonchev–Trinajstić information content (AvgIpc) is 3.34. The molecular weight excluding hydrogens is 474 g/mol. The zero-order valence-electron chi connectivity index (χ0n) is 16.6. The van der Waals surface area contributed by atoms with Gasteiger partial charge in [0, 0.05) is 35.0 Å². The molecule has 1 unspecified atom stereocenters. The molecule has 0 aliphatic carbocycles. The SMILES string of the molecule is O=C(C1=C(O)C(=O)N(Cc2ccncc2)C1c1ccccn1)c1cc2cc(Br)ccc2o1. The number of ketones is 1. The Balaban J connectivity index is 1.59. The number of hydrogen-bond donors (Lipinski definition) is 1. The first-order valence-electron chi connectivity index (χ1n) is 9.80. The summed E-state index contributed by atoms with van der Waals surface area (Å²) in [5.41, 5.74) is 1.76. The summed E-state index contributed by atoms with van der Waals surface area (Å²) >= 11 is 3.40. The molecular formula is C24H16BrN3O4. The second kappa shape index (κ2) is 8.05. The van der Waals surface area contributed by atoms with Crippen molar-refractivity contribution in [3.63, 3.8) is 0 Å². The lowest BCUT2D eigenvalue weighted by Gasteiger charge is -2.25. The number of carbonyl (C=O) groups is 2. The van der Waals surface area contributed by atoms with E-state index in [0.717, 1.165) is 15.4 Å².